The molecule has 0 heterocycles. The topological polar surface area (TPSA) is 104 Å². The second-order valence-corrected chi connectivity index (χ2v) is 9.19. The van der Waals surface area contributed by atoms with Gasteiger partial charge in [-0.05, 0) is 32.0 Å². The number of halogens is 1. The minimum absolute atomic E-state index is 0.131. The molecule has 172 valence electrons. The van der Waals surface area contributed by atoms with Crippen molar-refractivity contribution < 1.29 is 27.2 Å². The van der Waals surface area contributed by atoms with Crippen molar-refractivity contribution in [2.24, 2.45) is 0 Å². The van der Waals surface area contributed by atoms with Gasteiger partial charge in [0.15, 0.2) is 5.78 Å². The van der Waals surface area contributed by atoms with Crippen LogP contribution in [0.25, 0.3) is 0 Å². The van der Waals surface area contributed by atoms with Gasteiger partial charge in [0.1, 0.15) is 18.4 Å². The lowest BCUT2D eigenvalue weighted by Crippen LogP contribution is -2.50. The molecule has 0 aliphatic carbocycles. The van der Waals surface area contributed by atoms with Gasteiger partial charge in [-0.2, -0.15) is 0 Å². The summed E-state index contributed by atoms with van der Waals surface area (Å²) >= 11 is 0. The van der Waals surface area contributed by atoms with Crippen molar-refractivity contribution in [3.8, 4) is 0 Å². The Morgan fingerprint density at radius 3 is 2.31 bits per heavy atom. The molecule has 0 aromatic heterocycles. The first-order chi connectivity index (χ1) is 15.0. The molecule has 0 aliphatic rings. The molecule has 0 saturated heterocycles. The van der Waals surface area contributed by atoms with Gasteiger partial charge in [0.2, 0.25) is 21.8 Å². The highest BCUT2D eigenvalue weighted by Crippen LogP contribution is 2.21. The van der Waals surface area contributed by atoms with Crippen molar-refractivity contribution in [3.05, 3.63) is 65.5 Å². The number of carbonyl (C=O) groups is 3. The third-order valence-electron chi connectivity index (χ3n) is 4.93. The SMILES string of the molecule is CNC(=O)C(C)N(Cc1ccccc1F)C(=O)CN(c1cccc(C(C)=O)c1)S(C)(=O)=O. The van der Waals surface area contributed by atoms with E-state index in [9.17, 15) is 27.2 Å². The number of benzene rings is 2. The maximum Gasteiger partial charge on any atom is 0.244 e. The highest BCUT2D eigenvalue weighted by atomic mass is 32.2. The largest absolute Gasteiger partial charge is 0.357 e. The Kier molecular flexibility index (Phi) is 8.09. The highest BCUT2D eigenvalue weighted by Gasteiger charge is 2.30. The summed E-state index contributed by atoms with van der Waals surface area (Å²) in [6.07, 6.45) is 0.935. The molecule has 0 fully saturated rings. The van der Waals surface area contributed by atoms with Gasteiger partial charge in [-0.25, -0.2) is 12.8 Å². The van der Waals surface area contributed by atoms with E-state index < -0.39 is 40.2 Å². The van der Waals surface area contributed by atoms with Crippen molar-refractivity contribution in [1.29, 1.82) is 0 Å². The lowest BCUT2D eigenvalue weighted by atomic mass is 10.1. The third-order valence-corrected chi connectivity index (χ3v) is 6.07. The monoisotopic (exact) mass is 463 g/mol. The molecular formula is C22H26FN3O5S. The molecule has 0 spiro atoms. The van der Waals surface area contributed by atoms with Gasteiger partial charge >= 0.3 is 0 Å². The number of Topliss-reactive ketones (excluding diaryl/α,β-unsaturated/α-hetero) is 1. The summed E-state index contributed by atoms with van der Waals surface area (Å²) in [4.78, 5) is 38.3. The van der Waals surface area contributed by atoms with Crippen LogP contribution in [-0.4, -0.2) is 56.8 Å². The van der Waals surface area contributed by atoms with E-state index in [1.165, 1.54) is 63.4 Å². The smallest absolute Gasteiger partial charge is 0.244 e. The van der Waals surface area contributed by atoms with Crippen LogP contribution in [0, 0.1) is 5.82 Å². The predicted molar refractivity (Wildman–Crippen MR) is 119 cm³/mol. The van der Waals surface area contributed by atoms with E-state index in [4.69, 9.17) is 0 Å². The number of anilines is 1. The summed E-state index contributed by atoms with van der Waals surface area (Å²) in [6, 6.07) is 10.7. The molecule has 1 unspecified atom stereocenters. The van der Waals surface area contributed by atoms with Crippen LogP contribution in [0.2, 0.25) is 0 Å². The zero-order chi connectivity index (χ0) is 24.1. The Morgan fingerprint density at radius 2 is 1.75 bits per heavy atom. The van der Waals surface area contributed by atoms with Crippen LogP contribution >= 0.6 is 0 Å². The second-order valence-electron chi connectivity index (χ2n) is 7.28. The molecular weight excluding hydrogens is 437 g/mol. The van der Waals surface area contributed by atoms with Crippen molar-refractivity contribution in [2.45, 2.75) is 26.4 Å². The fourth-order valence-electron chi connectivity index (χ4n) is 3.10. The Bertz CT molecular complexity index is 1120. The molecule has 1 atom stereocenters. The van der Waals surface area contributed by atoms with Crippen LogP contribution in [-0.2, 0) is 26.2 Å². The van der Waals surface area contributed by atoms with Gasteiger partial charge in [0.25, 0.3) is 0 Å². The van der Waals surface area contributed by atoms with Gasteiger partial charge in [0.05, 0.1) is 11.9 Å². The van der Waals surface area contributed by atoms with Crippen molar-refractivity contribution in [2.75, 3.05) is 24.2 Å². The third kappa shape index (κ3) is 6.13. The molecule has 8 nitrogen and oxygen atoms in total. The number of sulfonamides is 1. The lowest BCUT2D eigenvalue weighted by molar-refractivity contribution is -0.139. The molecule has 0 bridgehead atoms. The average Bonchev–Trinajstić information content (AvgIpc) is 2.74. The quantitative estimate of drug-likeness (QED) is 0.573. The summed E-state index contributed by atoms with van der Waals surface area (Å²) in [5.41, 5.74) is 0.596. The Morgan fingerprint density at radius 1 is 1.09 bits per heavy atom. The van der Waals surface area contributed by atoms with E-state index in [1.54, 1.807) is 6.07 Å². The average molecular weight is 464 g/mol. The van der Waals surface area contributed by atoms with E-state index >= 15 is 0 Å². The number of amides is 2. The van der Waals surface area contributed by atoms with E-state index in [-0.39, 0.29) is 29.1 Å². The first-order valence-electron chi connectivity index (χ1n) is 9.79. The number of hydrogen-bond donors (Lipinski definition) is 1. The van der Waals surface area contributed by atoms with Crippen molar-refractivity contribution >= 4 is 33.3 Å². The number of nitrogens with one attached hydrogen (secondary N) is 1. The molecule has 10 heteroatoms. The zero-order valence-corrected chi connectivity index (χ0v) is 19.1. The van der Waals surface area contributed by atoms with Crippen molar-refractivity contribution in [3.63, 3.8) is 0 Å². The molecule has 32 heavy (non-hydrogen) atoms. The van der Waals surface area contributed by atoms with Gasteiger partial charge in [0, 0.05) is 24.7 Å². The summed E-state index contributed by atoms with van der Waals surface area (Å²) in [7, 11) is -2.52. The molecule has 2 amide bonds. The van der Waals surface area contributed by atoms with E-state index in [0.29, 0.717) is 0 Å². The lowest BCUT2D eigenvalue weighted by Gasteiger charge is -2.31. The highest BCUT2D eigenvalue weighted by molar-refractivity contribution is 7.92. The first-order valence-corrected chi connectivity index (χ1v) is 11.6. The predicted octanol–water partition coefficient (Wildman–Crippen LogP) is 1.96. The molecule has 2 aromatic rings. The Hall–Kier alpha value is -3.27. The van der Waals surface area contributed by atoms with Crippen LogP contribution in [0.15, 0.2) is 48.5 Å². The van der Waals surface area contributed by atoms with E-state index in [0.717, 1.165) is 15.5 Å². The maximum atomic E-state index is 14.2. The van der Waals surface area contributed by atoms with Gasteiger partial charge in [-0.15, -0.1) is 0 Å². The van der Waals surface area contributed by atoms with E-state index in [2.05, 4.69) is 5.32 Å². The molecule has 0 saturated carbocycles. The first kappa shape index (κ1) is 25.0. The number of nitrogens with zero attached hydrogens (tertiary/aromatic N) is 2. The molecule has 0 aliphatic heterocycles. The van der Waals surface area contributed by atoms with Gasteiger partial charge in [-0.1, -0.05) is 30.3 Å². The molecule has 1 N–H and O–H groups in total. The van der Waals surface area contributed by atoms with E-state index in [1.807, 2.05) is 0 Å². The summed E-state index contributed by atoms with van der Waals surface area (Å²) in [6.45, 7) is 1.95. The van der Waals surface area contributed by atoms with Crippen LogP contribution in [0.4, 0.5) is 10.1 Å². The minimum atomic E-state index is -3.92. The Labute approximate surface area is 187 Å². The zero-order valence-electron chi connectivity index (χ0n) is 18.3. The Balaban J connectivity index is 2.43. The fraction of sp³-hybridized carbons (Fsp3) is 0.318. The number of rotatable bonds is 9. The summed E-state index contributed by atoms with van der Waals surface area (Å²) in [5, 5.41) is 2.44. The van der Waals surface area contributed by atoms with Gasteiger partial charge < -0.3 is 10.2 Å². The number of hydrogen-bond acceptors (Lipinski definition) is 5. The molecule has 2 rings (SSSR count). The summed E-state index contributed by atoms with van der Waals surface area (Å²) < 4.78 is 40.0. The van der Waals surface area contributed by atoms with Crippen LogP contribution in [0.3, 0.4) is 0 Å². The molecule has 2 aromatic carbocycles. The number of ketones is 1. The summed E-state index contributed by atoms with van der Waals surface area (Å²) in [5.74, 6) is -2.01. The number of carbonyl (C=O) groups excluding carboxylic acids is 3. The van der Waals surface area contributed by atoms with Crippen molar-refractivity contribution in [1.82, 2.24) is 10.2 Å². The minimum Gasteiger partial charge on any atom is -0.357 e. The van der Waals surface area contributed by atoms with Gasteiger partial charge in [-0.3, -0.25) is 18.7 Å². The maximum absolute atomic E-state index is 14.2. The normalized spacial score (nSPS) is 12.0. The van der Waals surface area contributed by atoms with Crippen LogP contribution in [0.5, 0.6) is 0 Å². The molecule has 0 radical (unpaired) electrons. The van der Waals surface area contributed by atoms with Crippen LogP contribution in [0.1, 0.15) is 29.8 Å². The fourth-order valence-corrected chi connectivity index (χ4v) is 3.94. The second kappa shape index (κ2) is 10.4. The standard InChI is InChI=1S/C22H26FN3O5S/c1-15(22(29)24-3)25(13-18-8-5-6-11-20(18)23)21(28)14-26(32(4,30)31)19-10-7-9-17(12-19)16(2)27/h5-12,15H,13-14H2,1-4H3,(H,24,29). The number of likely N-dealkylation sites (N-methyl/N-ethyl adjacent to an activating group) is 1. The van der Waals surface area contributed by atoms with Crippen LogP contribution < -0.4 is 9.62 Å².